The molecule has 1 aromatic heterocycles. The van der Waals surface area contributed by atoms with Crippen LogP contribution in [0.5, 0.6) is 0 Å². The van der Waals surface area contributed by atoms with E-state index in [1.807, 2.05) is 48.5 Å². The van der Waals surface area contributed by atoms with Gasteiger partial charge >= 0.3 is 0 Å². The molecular formula is C19H21N3O. The Labute approximate surface area is 135 Å². The van der Waals surface area contributed by atoms with E-state index in [2.05, 4.69) is 6.92 Å². The predicted octanol–water partition coefficient (Wildman–Crippen LogP) is 3.19. The van der Waals surface area contributed by atoms with E-state index in [1.54, 1.807) is 4.57 Å². The second-order valence-corrected chi connectivity index (χ2v) is 5.66. The molecule has 0 saturated carbocycles. The Kier molecular flexibility index (Phi) is 4.53. The second kappa shape index (κ2) is 6.75. The first kappa shape index (κ1) is 15.4. The number of benzene rings is 2. The number of aromatic nitrogens is 2. The number of para-hydroxylation sites is 1. The highest BCUT2D eigenvalue weighted by Gasteiger charge is 2.12. The fourth-order valence-electron chi connectivity index (χ4n) is 2.77. The third kappa shape index (κ3) is 3.03. The van der Waals surface area contributed by atoms with E-state index >= 15 is 0 Å². The Bertz CT molecular complexity index is 883. The molecule has 0 unspecified atom stereocenters. The van der Waals surface area contributed by atoms with Gasteiger partial charge in [-0.3, -0.25) is 9.36 Å². The SMILES string of the molecule is CCCCc1nc2ccccc2c(=O)n1-c1cccc(CN)c1. The van der Waals surface area contributed by atoms with Crippen molar-refractivity contribution in [1.29, 1.82) is 0 Å². The van der Waals surface area contributed by atoms with Crippen LogP contribution in [-0.4, -0.2) is 9.55 Å². The van der Waals surface area contributed by atoms with Crippen LogP contribution in [0.3, 0.4) is 0 Å². The number of unbranched alkanes of at least 4 members (excludes halogenated alkanes) is 1. The highest BCUT2D eigenvalue weighted by atomic mass is 16.1. The molecule has 118 valence electrons. The molecule has 0 spiro atoms. The lowest BCUT2D eigenvalue weighted by Crippen LogP contribution is -2.24. The maximum absolute atomic E-state index is 13.0. The molecule has 2 N–H and O–H groups in total. The number of fused-ring (bicyclic) bond motifs is 1. The van der Waals surface area contributed by atoms with E-state index in [1.165, 1.54) is 0 Å². The van der Waals surface area contributed by atoms with Crippen molar-refractivity contribution in [1.82, 2.24) is 9.55 Å². The summed E-state index contributed by atoms with van der Waals surface area (Å²) in [5.41, 5.74) is 8.32. The van der Waals surface area contributed by atoms with Crippen molar-refractivity contribution in [3.63, 3.8) is 0 Å². The molecule has 3 aromatic rings. The summed E-state index contributed by atoms with van der Waals surface area (Å²) in [5, 5.41) is 0.644. The van der Waals surface area contributed by atoms with Crippen LogP contribution in [0, 0.1) is 0 Å². The number of aryl methyl sites for hydroxylation is 1. The molecule has 1 heterocycles. The van der Waals surface area contributed by atoms with Gasteiger partial charge in [0.15, 0.2) is 0 Å². The van der Waals surface area contributed by atoms with Gasteiger partial charge in [-0.2, -0.15) is 0 Å². The lowest BCUT2D eigenvalue weighted by Gasteiger charge is -2.14. The zero-order chi connectivity index (χ0) is 16.2. The highest BCUT2D eigenvalue weighted by Crippen LogP contribution is 2.16. The van der Waals surface area contributed by atoms with Gasteiger partial charge in [-0.1, -0.05) is 37.6 Å². The molecule has 0 amide bonds. The summed E-state index contributed by atoms with van der Waals surface area (Å²) in [6.45, 7) is 2.59. The average Bonchev–Trinajstić information content (AvgIpc) is 2.60. The Morgan fingerprint density at radius 3 is 2.74 bits per heavy atom. The largest absolute Gasteiger partial charge is 0.326 e. The van der Waals surface area contributed by atoms with Crippen molar-refractivity contribution in [3.05, 3.63) is 70.3 Å². The summed E-state index contributed by atoms with van der Waals surface area (Å²) in [6.07, 6.45) is 2.84. The van der Waals surface area contributed by atoms with Crippen LogP contribution in [-0.2, 0) is 13.0 Å². The highest BCUT2D eigenvalue weighted by molar-refractivity contribution is 5.77. The maximum atomic E-state index is 13.0. The Morgan fingerprint density at radius 2 is 1.96 bits per heavy atom. The monoisotopic (exact) mass is 307 g/mol. The van der Waals surface area contributed by atoms with Crippen LogP contribution in [0.25, 0.3) is 16.6 Å². The minimum absolute atomic E-state index is 0.0177. The van der Waals surface area contributed by atoms with Crippen LogP contribution in [0.1, 0.15) is 31.2 Å². The number of nitrogens with two attached hydrogens (primary N) is 1. The lowest BCUT2D eigenvalue weighted by molar-refractivity contribution is 0.720. The zero-order valence-corrected chi connectivity index (χ0v) is 13.3. The molecule has 0 aliphatic carbocycles. The van der Waals surface area contributed by atoms with Crippen molar-refractivity contribution in [2.75, 3.05) is 0 Å². The van der Waals surface area contributed by atoms with Gasteiger partial charge in [0, 0.05) is 13.0 Å². The van der Waals surface area contributed by atoms with Gasteiger partial charge < -0.3 is 5.73 Å². The number of rotatable bonds is 5. The number of hydrogen-bond donors (Lipinski definition) is 1. The summed E-state index contributed by atoms with van der Waals surface area (Å²) >= 11 is 0. The smallest absolute Gasteiger partial charge is 0.265 e. The predicted molar refractivity (Wildman–Crippen MR) is 93.8 cm³/mol. The van der Waals surface area contributed by atoms with E-state index in [0.29, 0.717) is 11.9 Å². The first-order valence-electron chi connectivity index (χ1n) is 8.04. The molecule has 0 bridgehead atoms. The summed E-state index contributed by atoms with van der Waals surface area (Å²) in [7, 11) is 0. The first-order valence-corrected chi connectivity index (χ1v) is 8.04. The van der Waals surface area contributed by atoms with E-state index in [9.17, 15) is 4.79 Å². The van der Waals surface area contributed by atoms with E-state index in [4.69, 9.17) is 10.7 Å². The van der Waals surface area contributed by atoms with Crippen molar-refractivity contribution in [2.45, 2.75) is 32.7 Å². The van der Waals surface area contributed by atoms with Gasteiger partial charge in [-0.15, -0.1) is 0 Å². The normalized spacial score (nSPS) is 11.0. The molecule has 0 atom stereocenters. The molecular weight excluding hydrogens is 286 g/mol. The van der Waals surface area contributed by atoms with Crippen LogP contribution >= 0.6 is 0 Å². The molecule has 23 heavy (non-hydrogen) atoms. The van der Waals surface area contributed by atoms with E-state index < -0.39 is 0 Å². The average molecular weight is 307 g/mol. The van der Waals surface area contributed by atoms with Crippen LogP contribution in [0.2, 0.25) is 0 Å². The third-order valence-electron chi connectivity index (χ3n) is 4.00. The van der Waals surface area contributed by atoms with Gasteiger partial charge in [0.1, 0.15) is 5.82 Å². The minimum Gasteiger partial charge on any atom is -0.326 e. The summed E-state index contributed by atoms with van der Waals surface area (Å²) < 4.78 is 1.73. The van der Waals surface area contributed by atoms with Crippen molar-refractivity contribution in [2.24, 2.45) is 5.73 Å². The lowest BCUT2D eigenvalue weighted by atomic mass is 10.1. The van der Waals surface area contributed by atoms with E-state index in [0.717, 1.165) is 41.9 Å². The quantitative estimate of drug-likeness (QED) is 0.787. The van der Waals surface area contributed by atoms with Crippen molar-refractivity contribution < 1.29 is 0 Å². The van der Waals surface area contributed by atoms with Crippen LogP contribution < -0.4 is 11.3 Å². The second-order valence-electron chi connectivity index (χ2n) is 5.66. The Morgan fingerprint density at radius 1 is 1.13 bits per heavy atom. The summed E-state index contributed by atoms with van der Waals surface area (Å²) in [5.74, 6) is 0.810. The topological polar surface area (TPSA) is 60.9 Å². The van der Waals surface area contributed by atoms with Crippen molar-refractivity contribution in [3.8, 4) is 5.69 Å². The molecule has 4 heteroatoms. The first-order chi connectivity index (χ1) is 11.2. The fraction of sp³-hybridized carbons (Fsp3) is 0.263. The molecule has 3 rings (SSSR count). The van der Waals surface area contributed by atoms with Gasteiger partial charge in [-0.25, -0.2) is 4.98 Å². The van der Waals surface area contributed by atoms with Gasteiger partial charge in [-0.05, 0) is 36.2 Å². The molecule has 0 aliphatic heterocycles. The molecule has 0 fully saturated rings. The Hall–Kier alpha value is -2.46. The van der Waals surface area contributed by atoms with E-state index in [-0.39, 0.29) is 5.56 Å². The fourth-order valence-corrected chi connectivity index (χ4v) is 2.77. The molecule has 2 aromatic carbocycles. The zero-order valence-electron chi connectivity index (χ0n) is 13.3. The van der Waals surface area contributed by atoms with Crippen LogP contribution in [0.4, 0.5) is 0 Å². The molecule has 0 saturated heterocycles. The Balaban J connectivity index is 2.27. The van der Waals surface area contributed by atoms with Gasteiger partial charge in [0.2, 0.25) is 0 Å². The number of hydrogen-bond acceptors (Lipinski definition) is 3. The van der Waals surface area contributed by atoms with Crippen LogP contribution in [0.15, 0.2) is 53.3 Å². The number of nitrogens with zero attached hydrogens (tertiary/aromatic N) is 2. The summed E-state index contributed by atoms with van der Waals surface area (Å²) in [6, 6.07) is 15.3. The van der Waals surface area contributed by atoms with Crippen molar-refractivity contribution >= 4 is 10.9 Å². The van der Waals surface area contributed by atoms with Gasteiger partial charge in [0.05, 0.1) is 16.6 Å². The minimum atomic E-state index is -0.0177. The molecule has 0 radical (unpaired) electrons. The summed E-state index contributed by atoms with van der Waals surface area (Å²) in [4.78, 5) is 17.7. The maximum Gasteiger partial charge on any atom is 0.265 e. The molecule has 4 nitrogen and oxygen atoms in total. The standard InChI is InChI=1S/C19H21N3O/c1-2-3-11-18-21-17-10-5-4-9-16(17)19(23)22(18)15-8-6-7-14(12-15)13-20/h4-10,12H,2-3,11,13,20H2,1H3. The third-order valence-corrected chi connectivity index (χ3v) is 4.00. The van der Waals surface area contributed by atoms with Gasteiger partial charge in [0.25, 0.3) is 5.56 Å². The molecule has 0 aliphatic rings.